The smallest absolute Gasteiger partial charge is 0.0935 e. The van der Waals surface area contributed by atoms with E-state index in [-0.39, 0.29) is 5.41 Å². The highest BCUT2D eigenvalue weighted by molar-refractivity contribution is 5.55. The Bertz CT molecular complexity index is 280. The third-order valence-electron chi connectivity index (χ3n) is 2.08. The minimum Gasteiger partial charge on any atom is -0.383 e. The Balaban J connectivity index is 2.56. The van der Waals surface area contributed by atoms with Gasteiger partial charge in [0, 0.05) is 12.0 Å². The topological polar surface area (TPSA) is 37.8 Å². The van der Waals surface area contributed by atoms with Crippen LogP contribution in [0.1, 0.15) is 19.5 Å². The highest BCUT2D eigenvalue weighted by atomic mass is 15.1. The summed E-state index contributed by atoms with van der Waals surface area (Å²) in [5, 5.41) is 11.2. The Morgan fingerprint density at radius 2 is 2.36 bits per heavy atom. The predicted molar refractivity (Wildman–Crippen MR) is 43.5 cm³/mol. The molecule has 0 fully saturated rings. The molecule has 2 rings (SSSR count). The average molecular weight is 149 g/mol. The van der Waals surface area contributed by atoms with Crippen LogP contribution in [-0.4, -0.2) is 16.7 Å². The lowest BCUT2D eigenvalue weighted by molar-refractivity contribution is 0.560. The summed E-state index contributed by atoms with van der Waals surface area (Å²) in [7, 11) is 0. The molecule has 0 amide bonds. The number of nitrogens with zero attached hydrogens (tertiary/aromatic N) is 2. The van der Waals surface area contributed by atoms with Crippen molar-refractivity contribution in [2.75, 3.05) is 11.9 Å². The molecule has 3 heteroatoms. The maximum absolute atomic E-state index is 4.10. The number of fused-ring (bicyclic) bond motifs is 1. The third-order valence-corrected chi connectivity index (χ3v) is 2.08. The normalized spacial score (nSPS) is 19.1. The minimum absolute atomic E-state index is 0.142. The number of aromatic nitrogens is 2. The number of hydrogen-bond acceptors (Lipinski definition) is 3. The van der Waals surface area contributed by atoms with Gasteiger partial charge in [-0.05, 0) is 6.07 Å². The Kier molecular flexibility index (Phi) is 1.16. The molecule has 1 aromatic rings. The lowest BCUT2D eigenvalue weighted by Crippen LogP contribution is -2.20. The summed E-state index contributed by atoms with van der Waals surface area (Å²) in [4.78, 5) is 0. The molecule has 3 nitrogen and oxygen atoms in total. The van der Waals surface area contributed by atoms with Crippen molar-refractivity contribution in [2.45, 2.75) is 19.3 Å². The Labute approximate surface area is 65.8 Å². The molecule has 11 heavy (non-hydrogen) atoms. The van der Waals surface area contributed by atoms with Crippen LogP contribution in [0.2, 0.25) is 0 Å². The maximum atomic E-state index is 4.10. The van der Waals surface area contributed by atoms with Crippen molar-refractivity contribution in [3.05, 3.63) is 18.0 Å². The fraction of sp³-hybridized carbons (Fsp3) is 0.500. The molecule has 0 radical (unpaired) electrons. The van der Waals surface area contributed by atoms with Crippen molar-refractivity contribution >= 4 is 5.69 Å². The molecule has 0 spiro atoms. The van der Waals surface area contributed by atoms with Gasteiger partial charge < -0.3 is 5.32 Å². The van der Waals surface area contributed by atoms with Crippen molar-refractivity contribution < 1.29 is 0 Å². The zero-order valence-corrected chi connectivity index (χ0v) is 6.76. The van der Waals surface area contributed by atoms with Gasteiger partial charge in [0.15, 0.2) is 0 Å². The molecule has 0 atom stereocenters. The molecule has 0 saturated carbocycles. The molecule has 0 unspecified atom stereocenters. The average Bonchev–Trinajstić information content (AvgIpc) is 2.29. The maximum Gasteiger partial charge on any atom is 0.0935 e. The first-order chi connectivity index (χ1) is 5.20. The van der Waals surface area contributed by atoms with Crippen molar-refractivity contribution in [3.8, 4) is 0 Å². The molecule has 1 N–H and O–H groups in total. The van der Waals surface area contributed by atoms with Gasteiger partial charge in [-0.15, -0.1) is 0 Å². The third kappa shape index (κ3) is 0.878. The summed E-state index contributed by atoms with van der Waals surface area (Å²) in [5.74, 6) is 0. The SMILES string of the molecule is CC1(C)CNc2ccnnc21. The second kappa shape index (κ2) is 1.94. The highest BCUT2D eigenvalue weighted by Gasteiger charge is 2.31. The van der Waals surface area contributed by atoms with E-state index in [1.165, 1.54) is 0 Å². The van der Waals surface area contributed by atoms with E-state index < -0.39 is 0 Å². The van der Waals surface area contributed by atoms with Crippen LogP contribution in [-0.2, 0) is 5.41 Å². The van der Waals surface area contributed by atoms with Crippen LogP contribution < -0.4 is 5.32 Å². The number of anilines is 1. The van der Waals surface area contributed by atoms with Crippen molar-refractivity contribution in [2.24, 2.45) is 0 Å². The largest absolute Gasteiger partial charge is 0.383 e. The summed E-state index contributed by atoms with van der Waals surface area (Å²) in [5.41, 5.74) is 2.36. The van der Waals surface area contributed by atoms with E-state index in [9.17, 15) is 0 Å². The highest BCUT2D eigenvalue weighted by Crippen LogP contribution is 2.32. The minimum atomic E-state index is 0.142. The van der Waals surface area contributed by atoms with Crippen LogP contribution in [0.25, 0.3) is 0 Å². The summed E-state index contributed by atoms with van der Waals surface area (Å²) < 4.78 is 0. The van der Waals surface area contributed by atoms with Gasteiger partial charge in [-0.1, -0.05) is 13.8 Å². The van der Waals surface area contributed by atoms with Gasteiger partial charge in [-0.25, -0.2) is 0 Å². The van der Waals surface area contributed by atoms with Crippen molar-refractivity contribution in [1.29, 1.82) is 0 Å². The molecule has 0 bridgehead atoms. The lowest BCUT2D eigenvalue weighted by Gasteiger charge is -2.13. The van der Waals surface area contributed by atoms with Crippen LogP contribution in [0.5, 0.6) is 0 Å². The van der Waals surface area contributed by atoms with Crippen LogP contribution >= 0.6 is 0 Å². The standard InChI is InChI=1S/C8H11N3/c1-8(2)5-9-6-3-4-10-11-7(6)8/h3-4,9H,5H2,1-2H3. The Morgan fingerprint density at radius 3 is 3.09 bits per heavy atom. The molecule has 58 valence electrons. The van der Waals surface area contributed by atoms with Crippen molar-refractivity contribution in [3.63, 3.8) is 0 Å². The molecular weight excluding hydrogens is 138 g/mol. The zero-order valence-electron chi connectivity index (χ0n) is 6.76. The van der Waals surface area contributed by atoms with Crippen molar-refractivity contribution in [1.82, 2.24) is 10.2 Å². The zero-order chi connectivity index (χ0) is 7.90. The van der Waals surface area contributed by atoms with Gasteiger partial charge in [-0.2, -0.15) is 10.2 Å². The molecule has 1 aliphatic rings. The molecule has 1 aromatic heterocycles. The number of hydrogen-bond donors (Lipinski definition) is 1. The van der Waals surface area contributed by atoms with Gasteiger partial charge in [-0.3, -0.25) is 0 Å². The molecule has 1 aliphatic heterocycles. The van der Waals surface area contributed by atoms with E-state index in [2.05, 4.69) is 29.4 Å². The molecule has 0 saturated heterocycles. The van der Waals surface area contributed by atoms with Crippen LogP contribution in [0.3, 0.4) is 0 Å². The number of rotatable bonds is 0. The van der Waals surface area contributed by atoms with Gasteiger partial charge >= 0.3 is 0 Å². The Morgan fingerprint density at radius 1 is 1.55 bits per heavy atom. The van der Waals surface area contributed by atoms with Crippen LogP contribution in [0.4, 0.5) is 5.69 Å². The first kappa shape index (κ1) is 6.58. The Hall–Kier alpha value is -1.12. The van der Waals surface area contributed by atoms with E-state index in [1.54, 1.807) is 6.20 Å². The molecular formula is C8H11N3. The van der Waals surface area contributed by atoms with E-state index in [0.29, 0.717) is 0 Å². The van der Waals surface area contributed by atoms with Gasteiger partial charge in [0.05, 0.1) is 17.6 Å². The van der Waals surface area contributed by atoms with Gasteiger partial charge in [0.25, 0.3) is 0 Å². The fourth-order valence-corrected chi connectivity index (χ4v) is 1.37. The van der Waals surface area contributed by atoms with Gasteiger partial charge in [0.2, 0.25) is 0 Å². The van der Waals surface area contributed by atoms with Crippen LogP contribution in [0, 0.1) is 0 Å². The first-order valence-electron chi connectivity index (χ1n) is 3.76. The van der Waals surface area contributed by atoms with E-state index in [4.69, 9.17) is 0 Å². The fourth-order valence-electron chi connectivity index (χ4n) is 1.37. The summed E-state index contributed by atoms with van der Waals surface area (Å²) in [6, 6.07) is 1.97. The predicted octanol–water partition coefficient (Wildman–Crippen LogP) is 1.18. The summed E-state index contributed by atoms with van der Waals surface area (Å²) >= 11 is 0. The van der Waals surface area contributed by atoms with E-state index >= 15 is 0 Å². The number of nitrogens with one attached hydrogen (secondary N) is 1. The summed E-state index contributed by atoms with van der Waals surface area (Å²) in [6.45, 7) is 5.29. The lowest BCUT2D eigenvalue weighted by atomic mass is 9.92. The quantitative estimate of drug-likeness (QED) is 0.602. The van der Waals surface area contributed by atoms with E-state index in [0.717, 1.165) is 17.9 Å². The first-order valence-corrected chi connectivity index (χ1v) is 3.76. The second-order valence-electron chi connectivity index (χ2n) is 3.53. The van der Waals surface area contributed by atoms with Crippen LogP contribution in [0.15, 0.2) is 12.3 Å². The van der Waals surface area contributed by atoms with E-state index in [1.807, 2.05) is 6.07 Å². The molecule has 2 heterocycles. The summed E-state index contributed by atoms with van der Waals surface area (Å²) in [6.07, 6.45) is 1.72. The van der Waals surface area contributed by atoms with Gasteiger partial charge in [0.1, 0.15) is 0 Å². The monoisotopic (exact) mass is 149 g/mol. The molecule has 0 aromatic carbocycles. The second-order valence-corrected chi connectivity index (χ2v) is 3.53. The molecule has 0 aliphatic carbocycles.